The van der Waals surface area contributed by atoms with Gasteiger partial charge in [0.2, 0.25) is 5.91 Å². The molecule has 2 aromatic carbocycles. The van der Waals surface area contributed by atoms with Crippen LogP contribution in [0.5, 0.6) is 5.75 Å². The van der Waals surface area contributed by atoms with E-state index in [0.717, 1.165) is 12.0 Å². The Bertz CT molecular complexity index is 794. The van der Waals surface area contributed by atoms with Gasteiger partial charge in [-0.15, -0.1) is 0 Å². The second-order valence-electron chi connectivity index (χ2n) is 7.46. The van der Waals surface area contributed by atoms with E-state index in [1.54, 1.807) is 24.3 Å². The lowest BCUT2D eigenvalue weighted by molar-refractivity contribution is -0.118. The molecule has 0 atom stereocenters. The number of ether oxygens (including phenoxy) is 1. The minimum absolute atomic E-state index is 0.0388. The minimum Gasteiger partial charge on any atom is -0.483 e. The molecule has 2 aromatic rings. The first-order valence-electron chi connectivity index (χ1n) is 9.21. The summed E-state index contributed by atoms with van der Waals surface area (Å²) in [7, 11) is 0. The van der Waals surface area contributed by atoms with E-state index in [0.29, 0.717) is 23.5 Å². The van der Waals surface area contributed by atoms with Crippen LogP contribution in [-0.2, 0) is 15.0 Å². The number of rotatable bonds is 7. The number of hydrogen-bond donors (Lipinski definition) is 2. The van der Waals surface area contributed by atoms with Gasteiger partial charge in [-0.2, -0.15) is 0 Å². The van der Waals surface area contributed by atoms with Gasteiger partial charge in [-0.3, -0.25) is 9.59 Å². The Morgan fingerprint density at radius 2 is 1.56 bits per heavy atom. The topological polar surface area (TPSA) is 67.4 Å². The van der Waals surface area contributed by atoms with E-state index in [4.69, 9.17) is 4.74 Å². The fourth-order valence-electron chi connectivity index (χ4n) is 2.68. The van der Waals surface area contributed by atoms with Gasteiger partial charge in [0.1, 0.15) is 5.75 Å². The zero-order valence-electron chi connectivity index (χ0n) is 16.5. The van der Waals surface area contributed by atoms with Crippen molar-refractivity contribution in [3.8, 4) is 5.75 Å². The zero-order chi connectivity index (χ0) is 19.9. The molecule has 5 heteroatoms. The molecule has 2 N–H and O–H groups in total. The van der Waals surface area contributed by atoms with Gasteiger partial charge in [0.15, 0.2) is 6.61 Å². The largest absolute Gasteiger partial charge is 0.483 e. The summed E-state index contributed by atoms with van der Waals surface area (Å²) in [4.78, 5) is 24.0. The van der Waals surface area contributed by atoms with Crippen LogP contribution in [0.25, 0.3) is 0 Å². The van der Waals surface area contributed by atoms with Crippen molar-refractivity contribution in [2.45, 2.75) is 46.0 Å². The Labute approximate surface area is 161 Å². The van der Waals surface area contributed by atoms with E-state index in [2.05, 4.69) is 31.4 Å². The molecule has 0 heterocycles. The Morgan fingerprint density at radius 3 is 2.19 bits per heavy atom. The Balaban J connectivity index is 1.96. The van der Waals surface area contributed by atoms with Crippen LogP contribution in [-0.4, -0.2) is 18.4 Å². The van der Waals surface area contributed by atoms with Crippen molar-refractivity contribution in [3.63, 3.8) is 0 Å². The second-order valence-corrected chi connectivity index (χ2v) is 7.46. The average Bonchev–Trinajstić information content (AvgIpc) is 2.60. The fraction of sp³-hybridized carbons (Fsp3) is 0.364. The Kier molecular flexibility index (Phi) is 6.99. The predicted octanol–water partition coefficient (Wildman–Crippen LogP) is 4.74. The molecule has 27 heavy (non-hydrogen) atoms. The van der Waals surface area contributed by atoms with Gasteiger partial charge in [-0.25, -0.2) is 0 Å². The first-order valence-corrected chi connectivity index (χ1v) is 9.21. The highest BCUT2D eigenvalue weighted by Crippen LogP contribution is 2.30. The summed E-state index contributed by atoms with van der Waals surface area (Å²) in [5, 5.41) is 5.62. The zero-order valence-corrected chi connectivity index (χ0v) is 16.5. The van der Waals surface area contributed by atoms with Gasteiger partial charge in [0.25, 0.3) is 5.91 Å². The van der Waals surface area contributed by atoms with Crippen LogP contribution in [0.1, 0.15) is 46.1 Å². The smallest absolute Gasteiger partial charge is 0.262 e. The first kappa shape index (κ1) is 20.5. The van der Waals surface area contributed by atoms with Crippen molar-refractivity contribution in [3.05, 3.63) is 54.1 Å². The number of benzene rings is 2. The van der Waals surface area contributed by atoms with Gasteiger partial charge in [-0.05, 0) is 41.7 Å². The second kappa shape index (κ2) is 9.21. The molecule has 0 spiro atoms. The maximum atomic E-state index is 12.3. The van der Waals surface area contributed by atoms with Crippen LogP contribution in [0, 0.1) is 0 Å². The van der Waals surface area contributed by atoms with Crippen LogP contribution in [0.4, 0.5) is 11.4 Å². The first-order chi connectivity index (χ1) is 12.8. The molecule has 0 fully saturated rings. The number of carbonyl (C=O) groups is 2. The minimum atomic E-state index is -0.254. The maximum Gasteiger partial charge on any atom is 0.262 e. The monoisotopic (exact) mass is 368 g/mol. The van der Waals surface area contributed by atoms with Gasteiger partial charge < -0.3 is 15.4 Å². The van der Waals surface area contributed by atoms with Crippen molar-refractivity contribution in [2.24, 2.45) is 0 Å². The van der Waals surface area contributed by atoms with E-state index in [1.165, 1.54) is 0 Å². The highest BCUT2D eigenvalue weighted by Gasteiger charge is 2.18. The molecule has 5 nitrogen and oxygen atoms in total. The number of para-hydroxylation sites is 1. The van der Waals surface area contributed by atoms with E-state index in [9.17, 15) is 9.59 Å². The molecule has 2 amide bonds. The van der Waals surface area contributed by atoms with Crippen LogP contribution in [0.15, 0.2) is 48.5 Å². The molecule has 0 saturated carbocycles. The van der Waals surface area contributed by atoms with Crippen molar-refractivity contribution < 1.29 is 14.3 Å². The molecular formula is C22H28N2O3. The molecule has 0 unspecified atom stereocenters. The summed E-state index contributed by atoms with van der Waals surface area (Å²) in [5.74, 6) is 0.416. The third-order valence-electron chi connectivity index (χ3n) is 3.96. The van der Waals surface area contributed by atoms with Crippen LogP contribution in [0.2, 0.25) is 0 Å². The fourth-order valence-corrected chi connectivity index (χ4v) is 2.68. The maximum absolute atomic E-state index is 12.3. The molecule has 0 aromatic heterocycles. The molecule has 0 saturated heterocycles. The lowest BCUT2D eigenvalue weighted by atomic mass is 9.86. The van der Waals surface area contributed by atoms with Crippen molar-refractivity contribution in [1.82, 2.24) is 0 Å². The number of hydrogen-bond acceptors (Lipinski definition) is 3. The summed E-state index contributed by atoms with van der Waals surface area (Å²) in [6.45, 7) is 8.18. The third kappa shape index (κ3) is 6.44. The highest BCUT2D eigenvalue weighted by molar-refractivity contribution is 5.94. The van der Waals surface area contributed by atoms with Gasteiger partial charge in [0, 0.05) is 17.8 Å². The van der Waals surface area contributed by atoms with Gasteiger partial charge >= 0.3 is 0 Å². The molecule has 0 aliphatic carbocycles. The standard InChI is InChI=1S/C22H28N2O3/c1-5-9-20(25)23-16-10-8-11-17(14-16)24-21(26)15-27-19-13-7-6-12-18(19)22(2,3)4/h6-8,10-14H,5,9,15H2,1-4H3,(H,23,25)(H,24,26). The lowest BCUT2D eigenvalue weighted by Gasteiger charge is -2.22. The Hall–Kier alpha value is -2.82. The van der Waals surface area contributed by atoms with Crippen molar-refractivity contribution in [2.75, 3.05) is 17.2 Å². The summed E-state index contributed by atoms with van der Waals surface area (Å²) in [6.07, 6.45) is 1.26. The van der Waals surface area contributed by atoms with Gasteiger partial charge in [-0.1, -0.05) is 52.0 Å². The van der Waals surface area contributed by atoms with E-state index >= 15 is 0 Å². The van der Waals surface area contributed by atoms with E-state index in [-0.39, 0.29) is 23.8 Å². The summed E-state index contributed by atoms with van der Waals surface area (Å²) in [6, 6.07) is 14.8. The molecular weight excluding hydrogens is 340 g/mol. The van der Waals surface area contributed by atoms with E-state index < -0.39 is 0 Å². The molecule has 0 radical (unpaired) electrons. The molecule has 2 rings (SSSR count). The third-order valence-corrected chi connectivity index (χ3v) is 3.96. The van der Waals surface area contributed by atoms with Crippen molar-refractivity contribution >= 4 is 23.2 Å². The summed E-state index contributed by atoms with van der Waals surface area (Å²) < 4.78 is 5.74. The predicted molar refractivity (Wildman–Crippen MR) is 109 cm³/mol. The molecule has 0 aliphatic rings. The Morgan fingerprint density at radius 1 is 0.926 bits per heavy atom. The van der Waals surface area contributed by atoms with E-state index in [1.807, 2.05) is 31.2 Å². The van der Waals surface area contributed by atoms with Crippen LogP contribution < -0.4 is 15.4 Å². The normalized spacial score (nSPS) is 11.0. The SMILES string of the molecule is CCCC(=O)Nc1cccc(NC(=O)COc2ccccc2C(C)(C)C)c1. The number of carbonyl (C=O) groups excluding carboxylic acids is 2. The number of nitrogens with one attached hydrogen (secondary N) is 2. The van der Waals surface area contributed by atoms with Crippen LogP contribution in [0.3, 0.4) is 0 Å². The lowest BCUT2D eigenvalue weighted by Crippen LogP contribution is -2.22. The quantitative estimate of drug-likeness (QED) is 0.742. The molecule has 0 aliphatic heterocycles. The van der Waals surface area contributed by atoms with Crippen LogP contribution >= 0.6 is 0 Å². The summed E-state index contributed by atoms with van der Waals surface area (Å²) >= 11 is 0. The highest BCUT2D eigenvalue weighted by atomic mass is 16.5. The molecule has 0 bridgehead atoms. The average molecular weight is 368 g/mol. The molecule has 144 valence electrons. The summed E-state index contributed by atoms with van der Waals surface area (Å²) in [5.41, 5.74) is 2.25. The number of amides is 2. The van der Waals surface area contributed by atoms with Crippen molar-refractivity contribution in [1.29, 1.82) is 0 Å². The van der Waals surface area contributed by atoms with Gasteiger partial charge in [0.05, 0.1) is 0 Å². The number of anilines is 2.